The molecule has 0 aliphatic carbocycles. The lowest BCUT2D eigenvalue weighted by Crippen LogP contribution is -2.20. The van der Waals surface area contributed by atoms with E-state index in [0.29, 0.717) is 5.70 Å². The quantitative estimate of drug-likeness (QED) is 0.654. The highest BCUT2D eigenvalue weighted by molar-refractivity contribution is 6.60. The first-order chi connectivity index (χ1) is 4.66. The standard InChI is InChI=1S/C6H4ClNO2/c1-2-3-4(7)5(8-3)6(9)10/h2H,1H2,(H,9,10). The highest BCUT2D eigenvalue weighted by atomic mass is 35.5. The Bertz CT molecular complexity index is 265. The molecule has 4 heteroatoms. The maximum Gasteiger partial charge on any atom is 0.356 e. The van der Waals surface area contributed by atoms with E-state index in [1.807, 2.05) is 0 Å². The average molecular weight is 158 g/mol. The molecular weight excluding hydrogens is 154 g/mol. The molecule has 1 aliphatic heterocycles. The molecule has 0 fully saturated rings. The Labute approximate surface area is 62.3 Å². The molecule has 0 amide bonds. The third-order valence-electron chi connectivity index (χ3n) is 1.06. The fourth-order valence-electron chi connectivity index (χ4n) is 0.564. The monoisotopic (exact) mass is 157 g/mol. The summed E-state index contributed by atoms with van der Waals surface area (Å²) in [4.78, 5) is 13.7. The summed E-state index contributed by atoms with van der Waals surface area (Å²) in [6, 6.07) is 0. The van der Waals surface area contributed by atoms with E-state index in [2.05, 4.69) is 11.6 Å². The number of aliphatic carboxylic acids is 1. The largest absolute Gasteiger partial charge is 0.476 e. The summed E-state index contributed by atoms with van der Waals surface area (Å²) in [5, 5.41) is 8.52. The Morgan fingerprint density at radius 1 is 1.80 bits per heavy atom. The average Bonchev–Trinajstić information content (AvgIpc) is 1.85. The van der Waals surface area contributed by atoms with E-state index in [1.54, 1.807) is 0 Å². The summed E-state index contributed by atoms with van der Waals surface area (Å²) in [5.74, 6) is -1.10. The molecule has 0 aromatic heterocycles. The van der Waals surface area contributed by atoms with Crippen LogP contribution in [0.25, 0.3) is 0 Å². The molecule has 0 radical (unpaired) electrons. The molecule has 3 nitrogen and oxygen atoms in total. The molecule has 0 saturated carbocycles. The molecule has 1 aliphatic rings. The predicted octanol–water partition coefficient (Wildman–Crippen LogP) is 1.16. The smallest absolute Gasteiger partial charge is 0.356 e. The van der Waals surface area contributed by atoms with Crippen molar-refractivity contribution in [3.63, 3.8) is 0 Å². The Kier molecular flexibility index (Phi) is 1.59. The number of nitrogens with zero attached hydrogens (tertiary/aromatic N) is 1. The normalized spacial score (nSPS) is 15.9. The summed E-state index contributed by atoms with van der Waals surface area (Å²) in [6.45, 7) is 3.38. The summed E-state index contributed by atoms with van der Waals surface area (Å²) < 4.78 is 0. The summed E-state index contributed by atoms with van der Waals surface area (Å²) in [7, 11) is 0. The van der Waals surface area contributed by atoms with Gasteiger partial charge in [-0.05, 0) is 6.08 Å². The summed E-state index contributed by atoms with van der Waals surface area (Å²) in [6.07, 6.45) is 1.41. The van der Waals surface area contributed by atoms with Gasteiger partial charge in [0, 0.05) is 0 Å². The van der Waals surface area contributed by atoms with E-state index < -0.39 is 5.97 Å². The van der Waals surface area contributed by atoms with Gasteiger partial charge in [-0.2, -0.15) is 0 Å². The molecule has 0 bridgehead atoms. The number of aliphatic imine (C=N–C) groups is 1. The number of rotatable bonds is 2. The van der Waals surface area contributed by atoms with Crippen LogP contribution in [0.5, 0.6) is 0 Å². The van der Waals surface area contributed by atoms with Gasteiger partial charge in [-0.25, -0.2) is 9.79 Å². The van der Waals surface area contributed by atoms with Gasteiger partial charge in [0.05, 0.1) is 10.7 Å². The molecule has 1 N–H and O–H groups in total. The van der Waals surface area contributed by atoms with Gasteiger partial charge in [0.15, 0.2) is 5.71 Å². The van der Waals surface area contributed by atoms with Crippen LogP contribution >= 0.6 is 11.6 Å². The molecule has 1 rings (SSSR count). The van der Waals surface area contributed by atoms with Gasteiger partial charge in [0.1, 0.15) is 0 Å². The highest BCUT2D eigenvalue weighted by Crippen LogP contribution is 2.23. The molecule has 0 unspecified atom stereocenters. The van der Waals surface area contributed by atoms with Gasteiger partial charge in [-0.15, -0.1) is 0 Å². The van der Waals surface area contributed by atoms with Crippen molar-refractivity contribution in [2.45, 2.75) is 0 Å². The van der Waals surface area contributed by atoms with Gasteiger partial charge in [-0.1, -0.05) is 18.2 Å². The minimum atomic E-state index is -1.10. The SMILES string of the molecule is C=CC1=C(Cl)C(C(=O)O)=N1. The van der Waals surface area contributed by atoms with Crippen molar-refractivity contribution in [2.24, 2.45) is 4.99 Å². The van der Waals surface area contributed by atoms with E-state index >= 15 is 0 Å². The van der Waals surface area contributed by atoms with Crippen LogP contribution in [-0.2, 0) is 4.79 Å². The zero-order chi connectivity index (χ0) is 7.72. The van der Waals surface area contributed by atoms with Crippen LogP contribution in [0, 0.1) is 0 Å². The number of carbonyl (C=O) groups is 1. The second-order valence-electron chi connectivity index (χ2n) is 1.67. The molecule has 0 saturated heterocycles. The molecule has 1 heterocycles. The topological polar surface area (TPSA) is 49.7 Å². The second-order valence-corrected chi connectivity index (χ2v) is 2.05. The van der Waals surface area contributed by atoms with Crippen molar-refractivity contribution in [3.8, 4) is 0 Å². The molecular formula is C6H4ClNO2. The van der Waals surface area contributed by atoms with Gasteiger partial charge in [0.25, 0.3) is 0 Å². The first-order valence-electron chi connectivity index (χ1n) is 2.51. The fourth-order valence-corrected chi connectivity index (χ4v) is 0.806. The van der Waals surface area contributed by atoms with E-state index in [9.17, 15) is 4.79 Å². The minimum Gasteiger partial charge on any atom is -0.476 e. The molecule has 10 heavy (non-hydrogen) atoms. The van der Waals surface area contributed by atoms with E-state index in [1.165, 1.54) is 6.08 Å². The van der Waals surface area contributed by atoms with E-state index in [4.69, 9.17) is 16.7 Å². The second kappa shape index (κ2) is 2.27. The molecule has 0 aromatic rings. The predicted molar refractivity (Wildman–Crippen MR) is 38.1 cm³/mol. The van der Waals surface area contributed by atoms with Crippen LogP contribution in [0.3, 0.4) is 0 Å². The van der Waals surface area contributed by atoms with Crippen molar-refractivity contribution in [3.05, 3.63) is 23.4 Å². The van der Waals surface area contributed by atoms with Crippen LogP contribution in [0.15, 0.2) is 28.4 Å². The first-order valence-corrected chi connectivity index (χ1v) is 2.89. The molecule has 0 atom stereocenters. The van der Waals surface area contributed by atoms with Crippen LogP contribution in [0.4, 0.5) is 0 Å². The van der Waals surface area contributed by atoms with E-state index in [0.717, 1.165) is 0 Å². The van der Waals surface area contributed by atoms with Gasteiger partial charge in [-0.3, -0.25) is 0 Å². The lowest BCUT2D eigenvalue weighted by molar-refractivity contribution is -0.129. The Hall–Kier alpha value is -1.09. The van der Waals surface area contributed by atoms with Crippen LogP contribution in [0.1, 0.15) is 0 Å². The maximum absolute atomic E-state index is 10.2. The number of hydrogen-bond donors (Lipinski definition) is 1. The third kappa shape index (κ3) is 0.844. The Morgan fingerprint density at radius 3 is 2.70 bits per heavy atom. The van der Waals surface area contributed by atoms with Gasteiger partial charge < -0.3 is 5.11 Å². The van der Waals surface area contributed by atoms with Crippen molar-refractivity contribution < 1.29 is 9.90 Å². The summed E-state index contributed by atoms with van der Waals surface area (Å²) >= 11 is 5.47. The lowest BCUT2D eigenvalue weighted by Gasteiger charge is -2.10. The van der Waals surface area contributed by atoms with Crippen molar-refractivity contribution >= 4 is 23.3 Å². The fraction of sp³-hybridized carbons (Fsp3) is 0. The summed E-state index contributed by atoms with van der Waals surface area (Å²) in [5.41, 5.74) is 0.357. The Balaban J connectivity index is 2.79. The molecule has 52 valence electrons. The Morgan fingerprint density at radius 2 is 2.40 bits per heavy atom. The van der Waals surface area contributed by atoms with Gasteiger partial charge >= 0.3 is 5.97 Å². The molecule has 0 spiro atoms. The highest BCUT2D eigenvalue weighted by Gasteiger charge is 2.24. The third-order valence-corrected chi connectivity index (χ3v) is 1.43. The zero-order valence-electron chi connectivity index (χ0n) is 4.97. The number of halogens is 1. The minimum absolute atomic E-state index is 0.0865. The van der Waals surface area contributed by atoms with Gasteiger partial charge in [0.2, 0.25) is 0 Å². The maximum atomic E-state index is 10.2. The van der Waals surface area contributed by atoms with Crippen molar-refractivity contribution in [2.75, 3.05) is 0 Å². The van der Waals surface area contributed by atoms with Crippen LogP contribution in [-0.4, -0.2) is 16.8 Å². The number of hydrogen-bond acceptors (Lipinski definition) is 2. The first kappa shape index (κ1) is 7.02. The number of allylic oxidation sites excluding steroid dienone is 1. The van der Waals surface area contributed by atoms with Crippen LogP contribution in [0.2, 0.25) is 0 Å². The molecule has 0 aromatic carbocycles. The zero-order valence-corrected chi connectivity index (χ0v) is 5.72. The number of carboxylic acids is 1. The lowest BCUT2D eigenvalue weighted by atomic mass is 10.2. The van der Waals surface area contributed by atoms with E-state index in [-0.39, 0.29) is 10.7 Å². The van der Waals surface area contributed by atoms with Crippen molar-refractivity contribution in [1.29, 1.82) is 0 Å². The van der Waals surface area contributed by atoms with Crippen molar-refractivity contribution in [1.82, 2.24) is 0 Å². The number of carboxylic acid groups (broad SMARTS) is 1. The van der Waals surface area contributed by atoms with Crippen LogP contribution < -0.4 is 0 Å².